The molecule has 0 aromatic rings. The maximum atomic E-state index is 2.43. The molecule has 0 radical (unpaired) electrons. The van der Waals surface area contributed by atoms with E-state index in [-0.39, 0.29) is 0 Å². The Labute approximate surface area is 84.1 Å². The van der Waals surface area contributed by atoms with Gasteiger partial charge in [-0.3, -0.25) is 0 Å². The van der Waals surface area contributed by atoms with E-state index in [9.17, 15) is 0 Å². The maximum Gasteiger partial charge on any atom is -0.0414 e. The fourth-order valence-corrected chi connectivity index (χ4v) is 2.23. The second-order valence-corrected chi connectivity index (χ2v) is 4.98. The summed E-state index contributed by atoms with van der Waals surface area (Å²) in [5.41, 5.74) is 0. The summed E-state index contributed by atoms with van der Waals surface area (Å²) in [6.07, 6.45) is 13.3. The third kappa shape index (κ3) is 4.69. The summed E-state index contributed by atoms with van der Waals surface area (Å²) >= 11 is 0. The van der Waals surface area contributed by atoms with Gasteiger partial charge in [0.1, 0.15) is 0 Å². The van der Waals surface area contributed by atoms with E-state index in [1.54, 1.807) is 0 Å². The molecular weight excluding hydrogens is 156 g/mol. The summed E-state index contributed by atoms with van der Waals surface area (Å²) in [6, 6.07) is 0. The van der Waals surface area contributed by atoms with Crippen LogP contribution in [0.2, 0.25) is 0 Å². The van der Waals surface area contributed by atoms with E-state index >= 15 is 0 Å². The molecule has 13 heavy (non-hydrogen) atoms. The average molecular weight is 182 g/mol. The van der Waals surface area contributed by atoms with Crippen molar-refractivity contribution in [3.8, 4) is 0 Å². The Hall–Kier alpha value is 0. The smallest absolute Gasteiger partial charge is 0.0414 e. The summed E-state index contributed by atoms with van der Waals surface area (Å²) in [6.45, 7) is 4.72. The second-order valence-electron chi connectivity index (χ2n) is 4.98. The van der Waals surface area contributed by atoms with Crippen LogP contribution in [-0.2, 0) is 0 Å². The standard InChI is InChI=1S/C13H26/c1-3-4-7-12(2)8-5-9-13-10-6-11-13/h12-13H,3-11H2,1-2H3. The summed E-state index contributed by atoms with van der Waals surface area (Å²) < 4.78 is 0. The van der Waals surface area contributed by atoms with E-state index in [1.165, 1.54) is 57.8 Å². The van der Waals surface area contributed by atoms with Gasteiger partial charge < -0.3 is 0 Å². The van der Waals surface area contributed by atoms with Crippen molar-refractivity contribution in [2.75, 3.05) is 0 Å². The van der Waals surface area contributed by atoms with Crippen LogP contribution >= 0.6 is 0 Å². The Morgan fingerprint density at radius 3 is 2.38 bits per heavy atom. The maximum absolute atomic E-state index is 2.43. The minimum atomic E-state index is 0.986. The molecule has 1 rings (SSSR count). The fraction of sp³-hybridized carbons (Fsp3) is 1.00. The van der Waals surface area contributed by atoms with Crippen LogP contribution in [0.1, 0.15) is 71.6 Å². The van der Waals surface area contributed by atoms with Gasteiger partial charge in [-0.1, -0.05) is 71.6 Å². The molecule has 0 aromatic heterocycles. The monoisotopic (exact) mass is 182 g/mol. The summed E-state index contributed by atoms with van der Waals surface area (Å²) in [5, 5.41) is 0. The van der Waals surface area contributed by atoms with Gasteiger partial charge in [0.2, 0.25) is 0 Å². The molecule has 0 heterocycles. The SMILES string of the molecule is CCCCC(C)CCCC1CCC1. The van der Waals surface area contributed by atoms with Gasteiger partial charge in [0, 0.05) is 0 Å². The Morgan fingerprint density at radius 2 is 1.85 bits per heavy atom. The van der Waals surface area contributed by atoms with Gasteiger partial charge in [-0.2, -0.15) is 0 Å². The third-order valence-corrected chi connectivity index (χ3v) is 3.58. The quantitative estimate of drug-likeness (QED) is 0.531. The van der Waals surface area contributed by atoms with Crippen molar-refractivity contribution in [3.63, 3.8) is 0 Å². The highest BCUT2D eigenvalue weighted by molar-refractivity contribution is 4.69. The van der Waals surface area contributed by atoms with Crippen molar-refractivity contribution in [1.82, 2.24) is 0 Å². The van der Waals surface area contributed by atoms with Crippen molar-refractivity contribution >= 4 is 0 Å². The molecule has 1 aliphatic carbocycles. The van der Waals surface area contributed by atoms with E-state index in [1.807, 2.05) is 0 Å². The number of hydrogen-bond donors (Lipinski definition) is 0. The van der Waals surface area contributed by atoms with E-state index in [2.05, 4.69) is 13.8 Å². The number of unbranched alkanes of at least 4 members (excludes halogenated alkanes) is 1. The highest BCUT2D eigenvalue weighted by Crippen LogP contribution is 2.31. The first-order valence-corrected chi connectivity index (χ1v) is 6.33. The lowest BCUT2D eigenvalue weighted by Crippen LogP contribution is -2.10. The van der Waals surface area contributed by atoms with Crippen LogP contribution in [0, 0.1) is 11.8 Å². The minimum absolute atomic E-state index is 0.986. The summed E-state index contributed by atoms with van der Waals surface area (Å²) in [4.78, 5) is 0. The topological polar surface area (TPSA) is 0 Å². The van der Waals surface area contributed by atoms with Gasteiger partial charge in [0.15, 0.2) is 0 Å². The van der Waals surface area contributed by atoms with Crippen molar-refractivity contribution in [2.24, 2.45) is 11.8 Å². The zero-order valence-corrected chi connectivity index (χ0v) is 9.52. The predicted octanol–water partition coefficient (Wildman–Crippen LogP) is 4.78. The Bertz CT molecular complexity index is 113. The normalized spacial score (nSPS) is 19.8. The second kappa shape index (κ2) is 6.45. The highest BCUT2D eigenvalue weighted by Gasteiger charge is 2.16. The third-order valence-electron chi connectivity index (χ3n) is 3.58. The molecule has 1 fully saturated rings. The zero-order chi connectivity index (χ0) is 9.52. The van der Waals surface area contributed by atoms with Crippen molar-refractivity contribution < 1.29 is 0 Å². The first-order valence-electron chi connectivity index (χ1n) is 6.33. The first-order chi connectivity index (χ1) is 6.33. The number of rotatable bonds is 7. The first kappa shape index (κ1) is 11.1. The van der Waals surface area contributed by atoms with Gasteiger partial charge in [-0.15, -0.1) is 0 Å². The lowest BCUT2D eigenvalue weighted by molar-refractivity contribution is 0.279. The lowest BCUT2D eigenvalue weighted by Gasteiger charge is -2.25. The largest absolute Gasteiger partial charge is 0.0654 e. The molecule has 0 amide bonds. The van der Waals surface area contributed by atoms with Crippen molar-refractivity contribution in [1.29, 1.82) is 0 Å². The van der Waals surface area contributed by atoms with E-state index in [0.717, 1.165) is 11.8 Å². The molecule has 1 unspecified atom stereocenters. The number of hydrogen-bond acceptors (Lipinski definition) is 0. The molecule has 78 valence electrons. The molecular formula is C13H26. The van der Waals surface area contributed by atoms with Crippen LogP contribution in [-0.4, -0.2) is 0 Å². The average Bonchev–Trinajstić information content (AvgIpc) is 2.06. The van der Waals surface area contributed by atoms with E-state index < -0.39 is 0 Å². The molecule has 0 saturated heterocycles. The van der Waals surface area contributed by atoms with Crippen molar-refractivity contribution in [3.05, 3.63) is 0 Å². The molecule has 0 nitrogen and oxygen atoms in total. The van der Waals surface area contributed by atoms with Gasteiger partial charge in [-0.25, -0.2) is 0 Å². The van der Waals surface area contributed by atoms with Gasteiger partial charge in [0.05, 0.1) is 0 Å². The molecule has 0 bridgehead atoms. The van der Waals surface area contributed by atoms with Crippen LogP contribution in [0.25, 0.3) is 0 Å². The Morgan fingerprint density at radius 1 is 1.15 bits per heavy atom. The van der Waals surface area contributed by atoms with E-state index in [4.69, 9.17) is 0 Å². The van der Waals surface area contributed by atoms with Crippen LogP contribution in [0.3, 0.4) is 0 Å². The van der Waals surface area contributed by atoms with Crippen LogP contribution in [0.15, 0.2) is 0 Å². The zero-order valence-electron chi connectivity index (χ0n) is 9.52. The fourth-order valence-electron chi connectivity index (χ4n) is 2.23. The highest BCUT2D eigenvalue weighted by atomic mass is 14.2. The molecule has 0 aliphatic heterocycles. The van der Waals surface area contributed by atoms with Crippen molar-refractivity contribution in [2.45, 2.75) is 71.6 Å². The van der Waals surface area contributed by atoms with Gasteiger partial charge in [-0.05, 0) is 11.8 Å². The molecule has 0 heteroatoms. The van der Waals surface area contributed by atoms with Crippen LogP contribution in [0.4, 0.5) is 0 Å². The van der Waals surface area contributed by atoms with E-state index in [0.29, 0.717) is 0 Å². The Balaban J connectivity index is 1.85. The van der Waals surface area contributed by atoms with Crippen LogP contribution in [0.5, 0.6) is 0 Å². The van der Waals surface area contributed by atoms with Gasteiger partial charge in [0.25, 0.3) is 0 Å². The lowest BCUT2D eigenvalue weighted by atomic mass is 9.81. The molecule has 0 spiro atoms. The summed E-state index contributed by atoms with van der Waals surface area (Å²) in [7, 11) is 0. The van der Waals surface area contributed by atoms with Gasteiger partial charge >= 0.3 is 0 Å². The Kier molecular flexibility index (Phi) is 5.50. The predicted molar refractivity (Wildman–Crippen MR) is 59.9 cm³/mol. The molecule has 1 aliphatic rings. The molecule has 0 aromatic carbocycles. The molecule has 0 N–H and O–H groups in total. The van der Waals surface area contributed by atoms with Crippen LogP contribution < -0.4 is 0 Å². The molecule has 1 atom stereocenters. The minimum Gasteiger partial charge on any atom is -0.0654 e. The molecule has 1 saturated carbocycles. The summed E-state index contributed by atoms with van der Waals surface area (Å²) in [5.74, 6) is 2.11.